The van der Waals surface area contributed by atoms with Crippen molar-refractivity contribution in [3.05, 3.63) is 59.1 Å². The number of methoxy groups -OCH3 is 1. The first-order chi connectivity index (χ1) is 10.3. The zero-order valence-electron chi connectivity index (χ0n) is 11.4. The minimum Gasteiger partial charge on any atom is -0.496 e. The van der Waals surface area contributed by atoms with Crippen molar-refractivity contribution in [2.45, 2.75) is 6.54 Å². The number of halogens is 1. The fraction of sp³-hybridized carbons (Fsp3) is 0.133. The van der Waals surface area contributed by atoms with Gasteiger partial charge in [-0.15, -0.1) is 10.2 Å². The van der Waals surface area contributed by atoms with Crippen LogP contribution >= 0.6 is 11.6 Å². The average Bonchev–Trinajstić information content (AvgIpc) is 2.96. The monoisotopic (exact) mass is 300 g/mol. The molecule has 0 aliphatic carbocycles. The molecule has 0 bridgehead atoms. The maximum atomic E-state index is 6.14. The summed E-state index contributed by atoms with van der Waals surface area (Å²) in [5, 5.41) is 13.1. The van der Waals surface area contributed by atoms with Crippen LogP contribution in [0.3, 0.4) is 0 Å². The van der Waals surface area contributed by atoms with Gasteiger partial charge in [0, 0.05) is 11.1 Å². The molecule has 0 spiro atoms. The van der Waals surface area contributed by atoms with Gasteiger partial charge in [-0.3, -0.25) is 0 Å². The molecular weight excluding hydrogens is 288 g/mol. The van der Waals surface area contributed by atoms with Crippen LogP contribution in [0.5, 0.6) is 5.75 Å². The Bertz CT molecular complexity index is 757. The minimum absolute atomic E-state index is 0.488. The van der Waals surface area contributed by atoms with Gasteiger partial charge < -0.3 is 4.74 Å². The van der Waals surface area contributed by atoms with Crippen LogP contribution in [0.15, 0.2) is 48.5 Å². The molecule has 0 atom stereocenters. The van der Waals surface area contributed by atoms with Crippen molar-refractivity contribution in [2.24, 2.45) is 0 Å². The Labute approximate surface area is 127 Å². The van der Waals surface area contributed by atoms with Gasteiger partial charge in [0.25, 0.3) is 0 Å². The molecule has 0 amide bonds. The molecule has 0 saturated heterocycles. The van der Waals surface area contributed by atoms with Crippen LogP contribution in [0.1, 0.15) is 5.56 Å². The third-order valence-corrected chi connectivity index (χ3v) is 3.40. The Morgan fingerprint density at radius 3 is 2.67 bits per heavy atom. The standard InChI is InChI=1S/C15H13ClN4O/c1-21-14-9-5-2-6-11(14)10-20-18-15(17-19-20)12-7-3-4-8-13(12)16/h2-9H,10H2,1H3. The van der Waals surface area contributed by atoms with Gasteiger partial charge in [0.1, 0.15) is 5.75 Å². The van der Waals surface area contributed by atoms with Crippen LogP contribution < -0.4 is 4.74 Å². The lowest BCUT2D eigenvalue weighted by atomic mass is 10.2. The molecule has 5 nitrogen and oxygen atoms in total. The second kappa shape index (κ2) is 5.93. The van der Waals surface area contributed by atoms with Gasteiger partial charge >= 0.3 is 0 Å². The van der Waals surface area contributed by atoms with Gasteiger partial charge in [0.2, 0.25) is 5.82 Å². The van der Waals surface area contributed by atoms with Crippen molar-refractivity contribution < 1.29 is 4.74 Å². The molecule has 0 saturated carbocycles. The number of hydrogen-bond donors (Lipinski definition) is 0. The van der Waals surface area contributed by atoms with E-state index in [0.29, 0.717) is 17.4 Å². The predicted octanol–water partition coefficient (Wildman–Crippen LogP) is 3.05. The summed E-state index contributed by atoms with van der Waals surface area (Å²) in [5.41, 5.74) is 1.76. The van der Waals surface area contributed by atoms with E-state index in [1.54, 1.807) is 13.2 Å². The molecule has 3 aromatic rings. The first-order valence-electron chi connectivity index (χ1n) is 6.42. The van der Waals surface area contributed by atoms with Crippen LogP contribution in [0.25, 0.3) is 11.4 Å². The Balaban J connectivity index is 1.87. The molecule has 1 aromatic heterocycles. The number of rotatable bonds is 4. The van der Waals surface area contributed by atoms with Crippen molar-refractivity contribution in [1.82, 2.24) is 20.2 Å². The van der Waals surface area contributed by atoms with Crippen LogP contribution in [-0.2, 0) is 6.54 Å². The van der Waals surface area contributed by atoms with Crippen LogP contribution in [0, 0.1) is 0 Å². The fourth-order valence-corrected chi connectivity index (χ4v) is 2.27. The Kier molecular flexibility index (Phi) is 3.83. The number of hydrogen-bond acceptors (Lipinski definition) is 4. The smallest absolute Gasteiger partial charge is 0.206 e. The fourth-order valence-electron chi connectivity index (χ4n) is 2.05. The van der Waals surface area contributed by atoms with Crippen LogP contribution in [0.4, 0.5) is 0 Å². The van der Waals surface area contributed by atoms with E-state index in [2.05, 4.69) is 15.4 Å². The third kappa shape index (κ3) is 2.87. The van der Waals surface area contributed by atoms with Crippen molar-refractivity contribution in [3.63, 3.8) is 0 Å². The first-order valence-corrected chi connectivity index (χ1v) is 6.80. The highest BCUT2D eigenvalue weighted by Crippen LogP contribution is 2.24. The summed E-state index contributed by atoms with van der Waals surface area (Å²) in [5.74, 6) is 1.31. The van der Waals surface area contributed by atoms with Gasteiger partial charge in [-0.05, 0) is 23.4 Å². The molecule has 1 heterocycles. The summed E-state index contributed by atoms with van der Waals surface area (Å²) in [6.07, 6.45) is 0. The SMILES string of the molecule is COc1ccccc1Cn1nnc(-c2ccccc2Cl)n1. The second-order valence-electron chi connectivity index (χ2n) is 4.44. The van der Waals surface area contributed by atoms with E-state index in [1.165, 1.54) is 4.80 Å². The quantitative estimate of drug-likeness (QED) is 0.743. The Morgan fingerprint density at radius 1 is 1.10 bits per heavy atom. The molecule has 6 heteroatoms. The topological polar surface area (TPSA) is 52.8 Å². The lowest BCUT2D eigenvalue weighted by Crippen LogP contribution is -2.05. The summed E-state index contributed by atoms with van der Waals surface area (Å²) in [4.78, 5) is 1.52. The van der Waals surface area contributed by atoms with Crippen LogP contribution in [0.2, 0.25) is 5.02 Å². The second-order valence-corrected chi connectivity index (χ2v) is 4.84. The number of ether oxygens (including phenoxy) is 1. The largest absolute Gasteiger partial charge is 0.496 e. The molecule has 0 fully saturated rings. The van der Waals surface area contributed by atoms with Gasteiger partial charge in [0.05, 0.1) is 18.7 Å². The molecule has 2 aromatic carbocycles. The highest BCUT2D eigenvalue weighted by atomic mass is 35.5. The third-order valence-electron chi connectivity index (χ3n) is 3.07. The van der Waals surface area contributed by atoms with Crippen molar-refractivity contribution in [1.29, 1.82) is 0 Å². The van der Waals surface area contributed by atoms with Gasteiger partial charge in [0.15, 0.2) is 0 Å². The minimum atomic E-state index is 0.488. The maximum Gasteiger partial charge on any atom is 0.206 e. The summed E-state index contributed by atoms with van der Waals surface area (Å²) in [6.45, 7) is 0.488. The van der Waals surface area contributed by atoms with E-state index in [1.807, 2.05) is 42.5 Å². The lowest BCUT2D eigenvalue weighted by Gasteiger charge is -2.06. The predicted molar refractivity (Wildman–Crippen MR) is 80.4 cm³/mol. The number of benzene rings is 2. The Morgan fingerprint density at radius 2 is 1.86 bits per heavy atom. The van der Waals surface area contributed by atoms with Crippen molar-refractivity contribution in [3.8, 4) is 17.1 Å². The number of tetrazole rings is 1. The molecule has 0 aliphatic rings. The molecule has 0 radical (unpaired) electrons. The first kappa shape index (κ1) is 13.6. The molecular formula is C15H13ClN4O. The maximum absolute atomic E-state index is 6.14. The van der Waals surface area contributed by atoms with E-state index in [4.69, 9.17) is 16.3 Å². The summed E-state index contributed by atoms with van der Waals surface area (Å²) in [7, 11) is 1.64. The zero-order chi connectivity index (χ0) is 14.7. The molecule has 0 unspecified atom stereocenters. The zero-order valence-corrected chi connectivity index (χ0v) is 12.2. The normalized spacial score (nSPS) is 10.6. The highest BCUT2D eigenvalue weighted by Gasteiger charge is 2.10. The summed E-state index contributed by atoms with van der Waals surface area (Å²) < 4.78 is 5.32. The van der Waals surface area contributed by atoms with Crippen molar-refractivity contribution in [2.75, 3.05) is 7.11 Å². The lowest BCUT2D eigenvalue weighted by molar-refractivity contribution is 0.405. The number of aromatic nitrogens is 4. The van der Waals surface area contributed by atoms with Crippen molar-refractivity contribution >= 4 is 11.6 Å². The Hall–Kier alpha value is -2.40. The van der Waals surface area contributed by atoms with Gasteiger partial charge in [-0.25, -0.2) is 0 Å². The van der Waals surface area contributed by atoms with Crippen LogP contribution in [-0.4, -0.2) is 27.3 Å². The molecule has 0 aliphatic heterocycles. The van der Waals surface area contributed by atoms with E-state index in [-0.39, 0.29) is 0 Å². The summed E-state index contributed by atoms with van der Waals surface area (Å²) >= 11 is 6.14. The van der Waals surface area contributed by atoms with E-state index in [9.17, 15) is 0 Å². The van der Waals surface area contributed by atoms with Gasteiger partial charge in [-0.2, -0.15) is 4.80 Å². The molecule has 21 heavy (non-hydrogen) atoms. The summed E-state index contributed by atoms with van der Waals surface area (Å²) in [6, 6.07) is 15.2. The number of para-hydroxylation sites is 1. The van der Waals surface area contributed by atoms with E-state index in [0.717, 1.165) is 16.9 Å². The number of nitrogens with zero attached hydrogens (tertiary/aromatic N) is 4. The molecule has 3 rings (SSSR count). The van der Waals surface area contributed by atoms with E-state index >= 15 is 0 Å². The molecule has 0 N–H and O–H groups in total. The molecule has 106 valence electrons. The van der Waals surface area contributed by atoms with Gasteiger partial charge in [-0.1, -0.05) is 41.9 Å². The average molecular weight is 301 g/mol. The highest BCUT2D eigenvalue weighted by molar-refractivity contribution is 6.33. The van der Waals surface area contributed by atoms with E-state index < -0.39 is 0 Å².